The minimum absolute atomic E-state index is 0.0187. The lowest BCUT2D eigenvalue weighted by Gasteiger charge is -2.26. The fraction of sp³-hybridized carbons (Fsp3) is 0.600. The molecule has 2 rings (SSSR count). The van der Waals surface area contributed by atoms with Crippen LogP contribution in [0.25, 0.3) is 0 Å². The van der Waals surface area contributed by atoms with Crippen LogP contribution in [0.2, 0.25) is 0 Å². The molecule has 2 heterocycles. The van der Waals surface area contributed by atoms with E-state index in [2.05, 4.69) is 24.1 Å². The molecule has 1 aliphatic rings. The van der Waals surface area contributed by atoms with E-state index < -0.39 is 0 Å². The average Bonchev–Trinajstić information content (AvgIpc) is 2.85. The molecule has 0 bridgehead atoms. The van der Waals surface area contributed by atoms with Crippen molar-refractivity contribution in [2.24, 2.45) is 5.92 Å². The Hall–Kier alpha value is -1.62. The van der Waals surface area contributed by atoms with Crippen LogP contribution in [-0.2, 0) is 0 Å². The smallest absolute Gasteiger partial charge is 0.257 e. The molecule has 1 aliphatic heterocycles. The lowest BCUT2D eigenvalue weighted by molar-refractivity contribution is 0.0648. The van der Waals surface area contributed by atoms with E-state index in [9.17, 15) is 9.90 Å². The summed E-state index contributed by atoms with van der Waals surface area (Å²) in [5.74, 6) is 0.299. The predicted molar refractivity (Wildman–Crippen MR) is 78.7 cm³/mol. The van der Waals surface area contributed by atoms with Gasteiger partial charge in [0, 0.05) is 25.5 Å². The number of rotatable bonds is 5. The maximum absolute atomic E-state index is 12.7. The Bertz CT molecular complexity index is 464. The summed E-state index contributed by atoms with van der Waals surface area (Å²) in [4.78, 5) is 18.5. The molecular weight excluding hydrogens is 254 g/mol. The largest absolute Gasteiger partial charge is 0.394 e. The number of nitrogens with one attached hydrogen (secondary N) is 1. The van der Waals surface area contributed by atoms with E-state index in [1.165, 1.54) is 0 Å². The number of carbonyl (C=O) groups excluding carboxylic acids is 1. The van der Waals surface area contributed by atoms with E-state index in [0.29, 0.717) is 18.0 Å². The van der Waals surface area contributed by atoms with Crippen molar-refractivity contribution in [1.29, 1.82) is 0 Å². The Kier molecular flexibility index (Phi) is 4.95. The zero-order chi connectivity index (χ0) is 14.5. The topological polar surface area (TPSA) is 65.5 Å². The van der Waals surface area contributed by atoms with E-state index in [-0.39, 0.29) is 18.6 Å². The fourth-order valence-corrected chi connectivity index (χ4v) is 2.67. The monoisotopic (exact) mass is 277 g/mol. The average molecular weight is 277 g/mol. The van der Waals surface area contributed by atoms with Gasteiger partial charge in [-0.15, -0.1) is 0 Å². The SMILES string of the molecule is CCCNc1ccncc1C(=O)N1CCC(C)C1CO. The van der Waals surface area contributed by atoms with Gasteiger partial charge in [-0.1, -0.05) is 13.8 Å². The summed E-state index contributed by atoms with van der Waals surface area (Å²) in [7, 11) is 0. The highest BCUT2D eigenvalue weighted by atomic mass is 16.3. The van der Waals surface area contributed by atoms with Gasteiger partial charge in [0.1, 0.15) is 0 Å². The molecule has 0 aromatic carbocycles. The van der Waals surface area contributed by atoms with E-state index >= 15 is 0 Å². The number of hydrogen-bond donors (Lipinski definition) is 2. The molecule has 5 heteroatoms. The number of anilines is 1. The van der Waals surface area contributed by atoms with Gasteiger partial charge in [-0.25, -0.2) is 0 Å². The molecule has 20 heavy (non-hydrogen) atoms. The Labute approximate surface area is 120 Å². The second kappa shape index (κ2) is 6.70. The number of aromatic nitrogens is 1. The third-order valence-corrected chi connectivity index (χ3v) is 3.95. The highest BCUT2D eigenvalue weighted by molar-refractivity contribution is 5.99. The van der Waals surface area contributed by atoms with Gasteiger partial charge in [-0.2, -0.15) is 0 Å². The van der Waals surface area contributed by atoms with E-state index in [1.807, 2.05) is 6.07 Å². The lowest BCUT2D eigenvalue weighted by atomic mass is 10.0. The van der Waals surface area contributed by atoms with E-state index in [0.717, 1.165) is 25.1 Å². The van der Waals surface area contributed by atoms with Crippen LogP contribution in [0.1, 0.15) is 37.0 Å². The standard InChI is InChI=1S/C15H23N3O2/c1-3-6-17-13-4-7-16-9-12(13)15(20)18-8-5-11(2)14(18)10-19/h4,7,9,11,14,19H,3,5-6,8,10H2,1-2H3,(H,16,17). The van der Waals surface area contributed by atoms with Gasteiger partial charge in [0.2, 0.25) is 0 Å². The zero-order valence-electron chi connectivity index (χ0n) is 12.2. The molecule has 1 aromatic heterocycles. The third kappa shape index (κ3) is 2.93. The Morgan fingerprint density at radius 2 is 2.40 bits per heavy atom. The highest BCUT2D eigenvalue weighted by Gasteiger charge is 2.35. The van der Waals surface area contributed by atoms with Crippen molar-refractivity contribution < 1.29 is 9.90 Å². The predicted octanol–water partition coefficient (Wildman–Crippen LogP) is 1.75. The van der Waals surface area contributed by atoms with Crippen LogP contribution in [0.15, 0.2) is 18.5 Å². The first-order valence-corrected chi connectivity index (χ1v) is 7.28. The molecule has 1 saturated heterocycles. The van der Waals surface area contributed by atoms with Crippen molar-refractivity contribution in [3.05, 3.63) is 24.0 Å². The number of aliphatic hydroxyl groups is 1. The normalized spacial score (nSPS) is 22.1. The minimum Gasteiger partial charge on any atom is -0.394 e. The van der Waals surface area contributed by atoms with Crippen molar-refractivity contribution in [3.8, 4) is 0 Å². The van der Waals surface area contributed by atoms with Crippen LogP contribution in [0.5, 0.6) is 0 Å². The number of carbonyl (C=O) groups is 1. The van der Waals surface area contributed by atoms with E-state index in [1.54, 1.807) is 17.3 Å². The first kappa shape index (κ1) is 14.8. The molecular formula is C15H23N3O2. The molecule has 2 unspecified atom stereocenters. The molecule has 1 amide bonds. The van der Waals surface area contributed by atoms with Gasteiger partial charge < -0.3 is 15.3 Å². The summed E-state index contributed by atoms with van der Waals surface area (Å²) in [6, 6.07) is 1.75. The van der Waals surface area contributed by atoms with Gasteiger partial charge in [0.15, 0.2) is 0 Å². The number of aliphatic hydroxyl groups excluding tert-OH is 1. The maximum atomic E-state index is 12.7. The van der Waals surface area contributed by atoms with Crippen LogP contribution >= 0.6 is 0 Å². The lowest BCUT2D eigenvalue weighted by Crippen LogP contribution is -2.40. The Morgan fingerprint density at radius 3 is 3.10 bits per heavy atom. The molecule has 0 aliphatic carbocycles. The van der Waals surface area contributed by atoms with Crippen molar-refractivity contribution in [2.75, 3.05) is 25.0 Å². The van der Waals surface area contributed by atoms with Crippen LogP contribution in [0.3, 0.4) is 0 Å². The number of likely N-dealkylation sites (tertiary alicyclic amines) is 1. The van der Waals surface area contributed by atoms with Crippen molar-refractivity contribution in [2.45, 2.75) is 32.7 Å². The van der Waals surface area contributed by atoms with Gasteiger partial charge in [-0.05, 0) is 24.8 Å². The van der Waals surface area contributed by atoms with Crippen LogP contribution in [0, 0.1) is 5.92 Å². The summed E-state index contributed by atoms with van der Waals surface area (Å²) in [5.41, 5.74) is 1.41. The molecule has 1 aromatic rings. The van der Waals surface area contributed by atoms with Crippen LogP contribution in [0.4, 0.5) is 5.69 Å². The van der Waals surface area contributed by atoms with Crippen LogP contribution < -0.4 is 5.32 Å². The van der Waals surface area contributed by atoms with Gasteiger partial charge >= 0.3 is 0 Å². The first-order valence-electron chi connectivity index (χ1n) is 7.28. The summed E-state index contributed by atoms with van der Waals surface area (Å²) in [5, 5.41) is 12.7. The molecule has 1 fully saturated rings. The van der Waals surface area contributed by atoms with Gasteiger partial charge in [-0.3, -0.25) is 9.78 Å². The second-order valence-electron chi connectivity index (χ2n) is 5.36. The molecule has 0 saturated carbocycles. The molecule has 2 atom stereocenters. The fourth-order valence-electron chi connectivity index (χ4n) is 2.67. The number of amides is 1. The molecule has 5 nitrogen and oxygen atoms in total. The Morgan fingerprint density at radius 1 is 1.60 bits per heavy atom. The summed E-state index contributed by atoms with van der Waals surface area (Å²) < 4.78 is 0. The summed E-state index contributed by atoms with van der Waals surface area (Å²) >= 11 is 0. The number of pyridine rings is 1. The molecule has 2 N–H and O–H groups in total. The highest BCUT2D eigenvalue weighted by Crippen LogP contribution is 2.27. The first-order chi connectivity index (χ1) is 9.69. The zero-order valence-corrected chi connectivity index (χ0v) is 12.2. The quantitative estimate of drug-likeness (QED) is 0.860. The van der Waals surface area contributed by atoms with Gasteiger partial charge in [0.05, 0.1) is 23.9 Å². The number of hydrogen-bond acceptors (Lipinski definition) is 4. The second-order valence-corrected chi connectivity index (χ2v) is 5.36. The molecule has 0 spiro atoms. The third-order valence-electron chi connectivity index (χ3n) is 3.95. The van der Waals surface area contributed by atoms with Crippen molar-refractivity contribution >= 4 is 11.6 Å². The van der Waals surface area contributed by atoms with Gasteiger partial charge in [0.25, 0.3) is 5.91 Å². The number of nitrogens with zero attached hydrogens (tertiary/aromatic N) is 2. The van der Waals surface area contributed by atoms with Crippen LogP contribution in [-0.4, -0.2) is 46.6 Å². The summed E-state index contributed by atoms with van der Waals surface area (Å²) in [6.45, 7) is 5.70. The Balaban J connectivity index is 2.20. The summed E-state index contributed by atoms with van der Waals surface area (Å²) in [6.07, 6.45) is 5.23. The maximum Gasteiger partial charge on any atom is 0.257 e. The van der Waals surface area contributed by atoms with E-state index in [4.69, 9.17) is 0 Å². The minimum atomic E-state index is -0.0817. The van der Waals surface area contributed by atoms with Crippen molar-refractivity contribution in [3.63, 3.8) is 0 Å². The molecule has 110 valence electrons. The molecule has 0 radical (unpaired) electrons. The van der Waals surface area contributed by atoms with Crippen molar-refractivity contribution in [1.82, 2.24) is 9.88 Å².